The largest absolute Gasteiger partial charge is 0.616 e. The van der Waals surface area contributed by atoms with Crippen LogP contribution in [0, 0.1) is 0 Å². The topological polar surface area (TPSA) is 49.1 Å². The first-order chi connectivity index (χ1) is 6.13. The molecule has 0 heterocycles. The van der Waals surface area contributed by atoms with Crippen molar-refractivity contribution in [2.45, 2.75) is 10.6 Å². The van der Waals surface area contributed by atoms with Gasteiger partial charge in [0.15, 0.2) is 0 Å². The number of rotatable bonds is 3. The van der Waals surface area contributed by atoms with Crippen molar-refractivity contribution < 1.29 is 4.55 Å². The lowest BCUT2D eigenvalue weighted by Gasteiger charge is -2.07. The predicted octanol–water partition coefficient (Wildman–Crippen LogP) is 1.87. The van der Waals surface area contributed by atoms with Crippen molar-refractivity contribution in [2.75, 3.05) is 18.2 Å². The van der Waals surface area contributed by atoms with E-state index in [1.165, 1.54) is 0 Å². The lowest BCUT2D eigenvalue weighted by Crippen LogP contribution is -2.01. The minimum Gasteiger partial charge on any atom is -0.616 e. The summed E-state index contributed by atoms with van der Waals surface area (Å²) in [4.78, 5) is 1.07. The Morgan fingerprint density at radius 2 is 2.23 bits per heavy atom. The molecule has 4 heteroatoms. The Bertz CT molecular complexity index is 289. The smallest absolute Gasteiger partial charge is 0.130 e. The molecule has 0 bridgehead atoms. The first-order valence-electron chi connectivity index (χ1n) is 3.86. The quantitative estimate of drug-likeness (QED) is 0.476. The summed E-state index contributed by atoms with van der Waals surface area (Å²) in [7, 11) is 0. The molecule has 0 saturated heterocycles. The molecule has 0 aliphatic carbocycles. The van der Waals surface area contributed by atoms with Crippen molar-refractivity contribution in [1.82, 2.24) is 0 Å². The number of hydrogen-bond donors (Lipinski definition) is 1. The molecular formula is C9H13NOS2. The SMILES string of the molecule is CSc1ccc(C[S+](C)[O-])cc1N. The average molecular weight is 215 g/mol. The molecule has 13 heavy (non-hydrogen) atoms. The zero-order chi connectivity index (χ0) is 9.84. The molecule has 0 saturated carbocycles. The van der Waals surface area contributed by atoms with Crippen LogP contribution >= 0.6 is 11.8 Å². The summed E-state index contributed by atoms with van der Waals surface area (Å²) in [5, 5.41) is 0. The Kier molecular flexibility index (Phi) is 3.96. The highest BCUT2D eigenvalue weighted by molar-refractivity contribution is 7.98. The van der Waals surface area contributed by atoms with E-state index < -0.39 is 11.2 Å². The summed E-state index contributed by atoms with van der Waals surface area (Å²) in [6.07, 6.45) is 3.68. The maximum Gasteiger partial charge on any atom is 0.130 e. The van der Waals surface area contributed by atoms with Crippen molar-refractivity contribution in [1.29, 1.82) is 0 Å². The third-order valence-electron chi connectivity index (χ3n) is 1.66. The summed E-state index contributed by atoms with van der Waals surface area (Å²) in [5.41, 5.74) is 7.60. The number of benzene rings is 1. The van der Waals surface area contributed by atoms with Crippen LogP contribution in [-0.2, 0) is 16.9 Å². The molecule has 0 spiro atoms. The molecule has 1 atom stereocenters. The summed E-state index contributed by atoms with van der Waals surface area (Å²) in [5.74, 6) is 0.582. The molecule has 0 fully saturated rings. The highest BCUT2D eigenvalue weighted by Gasteiger charge is 2.03. The molecule has 1 aromatic carbocycles. The first-order valence-corrected chi connectivity index (χ1v) is 6.81. The molecule has 1 aromatic rings. The summed E-state index contributed by atoms with van der Waals surface area (Å²) >= 11 is 0.826. The lowest BCUT2D eigenvalue weighted by atomic mass is 10.2. The number of hydrogen-bond acceptors (Lipinski definition) is 3. The minimum atomic E-state index is -0.796. The van der Waals surface area contributed by atoms with E-state index in [-0.39, 0.29) is 0 Å². The van der Waals surface area contributed by atoms with Crippen LogP contribution in [0.5, 0.6) is 0 Å². The van der Waals surface area contributed by atoms with Gasteiger partial charge < -0.3 is 10.3 Å². The van der Waals surface area contributed by atoms with Gasteiger partial charge in [-0.15, -0.1) is 11.8 Å². The Morgan fingerprint density at radius 1 is 1.54 bits per heavy atom. The zero-order valence-electron chi connectivity index (χ0n) is 7.74. The number of anilines is 1. The van der Waals surface area contributed by atoms with Crippen molar-refractivity contribution in [3.05, 3.63) is 23.8 Å². The fourth-order valence-electron chi connectivity index (χ4n) is 1.11. The van der Waals surface area contributed by atoms with E-state index in [0.29, 0.717) is 5.75 Å². The van der Waals surface area contributed by atoms with Gasteiger partial charge in [-0.25, -0.2) is 0 Å². The lowest BCUT2D eigenvalue weighted by molar-refractivity contribution is 0.600. The van der Waals surface area contributed by atoms with Crippen LogP contribution < -0.4 is 5.73 Å². The molecule has 72 valence electrons. The van der Waals surface area contributed by atoms with E-state index in [2.05, 4.69) is 0 Å². The Labute approximate surface area is 86.1 Å². The van der Waals surface area contributed by atoms with E-state index in [4.69, 9.17) is 5.73 Å². The highest BCUT2D eigenvalue weighted by atomic mass is 32.2. The van der Waals surface area contributed by atoms with Gasteiger partial charge in [0.2, 0.25) is 0 Å². The molecule has 0 aliphatic heterocycles. The fourth-order valence-corrected chi connectivity index (χ4v) is 2.26. The normalized spacial score (nSPS) is 12.8. The molecule has 0 amide bonds. The minimum absolute atomic E-state index is 0.582. The van der Waals surface area contributed by atoms with Gasteiger partial charge in [-0.1, -0.05) is 17.2 Å². The maximum absolute atomic E-state index is 10.9. The molecule has 2 N–H and O–H groups in total. The van der Waals surface area contributed by atoms with Crippen molar-refractivity contribution in [3.8, 4) is 0 Å². The number of nitrogens with two attached hydrogens (primary N) is 1. The van der Waals surface area contributed by atoms with E-state index in [0.717, 1.165) is 16.1 Å². The predicted molar refractivity (Wildman–Crippen MR) is 60.4 cm³/mol. The van der Waals surface area contributed by atoms with Crippen LogP contribution in [0.4, 0.5) is 5.69 Å². The molecule has 1 rings (SSSR count). The monoisotopic (exact) mass is 215 g/mol. The zero-order valence-corrected chi connectivity index (χ0v) is 9.37. The number of thioether (sulfide) groups is 1. The molecule has 0 aromatic heterocycles. The third-order valence-corrected chi connectivity index (χ3v) is 3.22. The third kappa shape index (κ3) is 3.14. The standard InChI is InChI=1S/C9H13NOS2/c1-12-9-4-3-7(5-8(9)10)6-13(2)11/h3-5H,6,10H2,1-2H3. The van der Waals surface area contributed by atoms with Gasteiger partial charge in [0.1, 0.15) is 5.75 Å². The summed E-state index contributed by atoms with van der Waals surface area (Å²) in [6.45, 7) is 0. The Balaban J connectivity index is 2.83. The van der Waals surface area contributed by atoms with Gasteiger partial charge in [0.05, 0.1) is 6.26 Å². The molecule has 0 aliphatic rings. The van der Waals surface area contributed by atoms with Crippen LogP contribution in [0.15, 0.2) is 23.1 Å². The van der Waals surface area contributed by atoms with Crippen molar-refractivity contribution >= 4 is 28.6 Å². The van der Waals surface area contributed by atoms with Crippen LogP contribution in [0.1, 0.15) is 5.56 Å². The van der Waals surface area contributed by atoms with E-state index in [1.807, 2.05) is 24.5 Å². The highest BCUT2D eigenvalue weighted by Crippen LogP contribution is 2.24. The molecule has 2 nitrogen and oxygen atoms in total. The van der Waals surface area contributed by atoms with Crippen LogP contribution in [0.2, 0.25) is 0 Å². The van der Waals surface area contributed by atoms with Crippen LogP contribution in [0.3, 0.4) is 0 Å². The second-order valence-electron chi connectivity index (χ2n) is 2.79. The van der Waals surface area contributed by atoms with Gasteiger partial charge in [-0.2, -0.15) is 0 Å². The Morgan fingerprint density at radius 3 is 2.69 bits per heavy atom. The van der Waals surface area contributed by atoms with Gasteiger partial charge in [0, 0.05) is 16.1 Å². The maximum atomic E-state index is 10.9. The van der Waals surface area contributed by atoms with Crippen molar-refractivity contribution in [3.63, 3.8) is 0 Å². The van der Waals surface area contributed by atoms with Gasteiger partial charge in [-0.05, 0) is 18.4 Å². The van der Waals surface area contributed by atoms with E-state index in [1.54, 1.807) is 18.0 Å². The van der Waals surface area contributed by atoms with Gasteiger partial charge in [0.25, 0.3) is 0 Å². The van der Waals surface area contributed by atoms with Crippen LogP contribution in [0.25, 0.3) is 0 Å². The van der Waals surface area contributed by atoms with Crippen molar-refractivity contribution in [2.24, 2.45) is 0 Å². The van der Waals surface area contributed by atoms with E-state index >= 15 is 0 Å². The average Bonchev–Trinajstić information content (AvgIpc) is 2.03. The molecule has 0 radical (unpaired) electrons. The van der Waals surface area contributed by atoms with Gasteiger partial charge in [-0.3, -0.25) is 0 Å². The fraction of sp³-hybridized carbons (Fsp3) is 0.333. The second-order valence-corrected chi connectivity index (χ2v) is 5.08. The van der Waals surface area contributed by atoms with E-state index in [9.17, 15) is 4.55 Å². The summed E-state index contributed by atoms with van der Waals surface area (Å²) < 4.78 is 10.9. The molecule has 1 unspecified atom stereocenters. The molecular weight excluding hydrogens is 202 g/mol. The Hall–Kier alpha value is -0.320. The summed E-state index contributed by atoms with van der Waals surface area (Å²) in [6, 6.07) is 5.85. The number of nitrogen functional groups attached to an aromatic ring is 1. The van der Waals surface area contributed by atoms with Crippen LogP contribution in [-0.4, -0.2) is 17.1 Å². The van der Waals surface area contributed by atoms with Gasteiger partial charge >= 0.3 is 0 Å². The first kappa shape index (κ1) is 10.8. The second kappa shape index (κ2) is 4.79.